The van der Waals surface area contributed by atoms with Gasteiger partial charge in [-0.2, -0.15) is 0 Å². The van der Waals surface area contributed by atoms with Gasteiger partial charge in [0.05, 0.1) is 12.1 Å². The number of carbonyl (C=O) groups excluding carboxylic acids is 1. The molecule has 0 aliphatic rings. The van der Waals surface area contributed by atoms with Crippen molar-refractivity contribution in [2.75, 3.05) is 0 Å². The summed E-state index contributed by atoms with van der Waals surface area (Å²) >= 11 is 0. The van der Waals surface area contributed by atoms with Gasteiger partial charge in [0, 0.05) is 17.5 Å². The molecule has 112 valence electrons. The van der Waals surface area contributed by atoms with Crippen molar-refractivity contribution < 1.29 is 9.53 Å². The van der Waals surface area contributed by atoms with Crippen LogP contribution < -0.4 is 15.8 Å². The van der Waals surface area contributed by atoms with Crippen molar-refractivity contribution in [3.63, 3.8) is 0 Å². The number of rotatable bonds is 6. The van der Waals surface area contributed by atoms with E-state index in [0.29, 0.717) is 6.42 Å². The van der Waals surface area contributed by atoms with Crippen molar-refractivity contribution in [2.45, 2.75) is 58.7 Å². The van der Waals surface area contributed by atoms with E-state index in [2.05, 4.69) is 5.32 Å². The Morgan fingerprint density at radius 2 is 1.90 bits per heavy atom. The lowest BCUT2D eigenvalue weighted by molar-refractivity contribution is -0.122. The number of benzene rings is 1. The van der Waals surface area contributed by atoms with E-state index in [1.165, 1.54) is 0 Å². The normalized spacial score (nSPS) is 13.2. The molecular formula is C16H26N2O2. The average Bonchev–Trinajstić information content (AvgIpc) is 2.25. The van der Waals surface area contributed by atoms with Crippen molar-refractivity contribution in [3.8, 4) is 5.75 Å². The third-order valence-corrected chi connectivity index (χ3v) is 2.74. The predicted molar refractivity (Wildman–Crippen MR) is 81.6 cm³/mol. The maximum Gasteiger partial charge on any atom is 0.222 e. The molecule has 0 radical (unpaired) electrons. The Hall–Kier alpha value is -1.55. The molecule has 0 fully saturated rings. The van der Waals surface area contributed by atoms with Crippen molar-refractivity contribution in [1.82, 2.24) is 5.32 Å². The molecule has 3 N–H and O–H groups in total. The summed E-state index contributed by atoms with van der Waals surface area (Å²) in [5.74, 6) is 0.756. The Morgan fingerprint density at radius 3 is 2.45 bits per heavy atom. The standard InChI is InChI=1S/C16H26N2O2/c1-11(2)20-14-9-7-6-8-13(14)12(3)18-15(19)10-16(4,5)17/h6-9,11-12H,10,17H2,1-5H3,(H,18,19). The predicted octanol–water partition coefficient (Wildman–Crippen LogP) is 2.78. The number of carbonyl (C=O) groups is 1. The molecule has 1 aromatic carbocycles. The molecule has 1 rings (SSSR count). The summed E-state index contributed by atoms with van der Waals surface area (Å²) in [4.78, 5) is 11.9. The van der Waals surface area contributed by atoms with Gasteiger partial charge in [-0.3, -0.25) is 4.79 Å². The summed E-state index contributed by atoms with van der Waals surface area (Å²) in [6, 6.07) is 7.65. The lowest BCUT2D eigenvalue weighted by Gasteiger charge is -2.22. The fourth-order valence-corrected chi connectivity index (χ4v) is 1.98. The molecule has 4 nitrogen and oxygen atoms in total. The lowest BCUT2D eigenvalue weighted by atomic mass is 10.0. The topological polar surface area (TPSA) is 64.3 Å². The molecule has 0 spiro atoms. The first-order valence-corrected chi connectivity index (χ1v) is 7.03. The van der Waals surface area contributed by atoms with Crippen LogP contribution in [0.5, 0.6) is 5.75 Å². The van der Waals surface area contributed by atoms with Crippen molar-refractivity contribution in [3.05, 3.63) is 29.8 Å². The minimum absolute atomic E-state index is 0.0515. The van der Waals surface area contributed by atoms with Gasteiger partial charge in [0.1, 0.15) is 5.75 Å². The number of hydrogen-bond acceptors (Lipinski definition) is 3. The zero-order valence-corrected chi connectivity index (χ0v) is 13.1. The van der Waals surface area contributed by atoms with Gasteiger partial charge in [-0.25, -0.2) is 0 Å². The highest BCUT2D eigenvalue weighted by Gasteiger charge is 2.19. The molecule has 0 aromatic heterocycles. The summed E-state index contributed by atoms with van der Waals surface area (Å²) in [6.07, 6.45) is 0.395. The van der Waals surface area contributed by atoms with E-state index in [-0.39, 0.29) is 18.1 Å². The van der Waals surface area contributed by atoms with Crippen LogP contribution in [0, 0.1) is 0 Å². The highest BCUT2D eigenvalue weighted by Crippen LogP contribution is 2.25. The Kier molecular flexibility index (Phi) is 5.57. The van der Waals surface area contributed by atoms with Gasteiger partial charge in [-0.1, -0.05) is 18.2 Å². The molecule has 1 aromatic rings. The number of nitrogens with one attached hydrogen (secondary N) is 1. The van der Waals surface area contributed by atoms with Crippen LogP contribution in [-0.2, 0) is 4.79 Å². The summed E-state index contributed by atoms with van der Waals surface area (Å²) < 4.78 is 5.77. The first-order chi connectivity index (χ1) is 9.19. The van der Waals surface area contributed by atoms with Crippen molar-refractivity contribution in [1.29, 1.82) is 0 Å². The molecule has 0 saturated carbocycles. The second-order valence-corrected chi connectivity index (χ2v) is 6.16. The van der Waals surface area contributed by atoms with Gasteiger partial charge in [-0.05, 0) is 40.7 Å². The van der Waals surface area contributed by atoms with Gasteiger partial charge < -0.3 is 15.8 Å². The van der Waals surface area contributed by atoms with Crippen LogP contribution in [0.3, 0.4) is 0 Å². The number of para-hydroxylation sites is 1. The molecule has 20 heavy (non-hydrogen) atoms. The second-order valence-electron chi connectivity index (χ2n) is 6.16. The number of nitrogens with two attached hydrogens (primary N) is 1. The number of ether oxygens (including phenoxy) is 1. The van der Waals surface area contributed by atoms with Gasteiger partial charge in [0.2, 0.25) is 5.91 Å². The third kappa shape index (κ3) is 5.61. The van der Waals surface area contributed by atoms with Crippen LogP contribution in [0.2, 0.25) is 0 Å². The second kappa shape index (κ2) is 6.75. The van der Waals surface area contributed by atoms with E-state index in [1.807, 2.05) is 58.9 Å². The van der Waals surface area contributed by atoms with E-state index < -0.39 is 5.54 Å². The summed E-state index contributed by atoms with van der Waals surface area (Å²) in [6.45, 7) is 9.60. The van der Waals surface area contributed by atoms with Crippen LogP contribution in [0.15, 0.2) is 24.3 Å². The lowest BCUT2D eigenvalue weighted by Crippen LogP contribution is -2.39. The fraction of sp³-hybridized carbons (Fsp3) is 0.562. The molecular weight excluding hydrogens is 252 g/mol. The molecule has 0 aliphatic heterocycles. The van der Waals surface area contributed by atoms with E-state index in [1.54, 1.807) is 0 Å². The monoisotopic (exact) mass is 278 g/mol. The SMILES string of the molecule is CC(C)Oc1ccccc1C(C)NC(=O)CC(C)(C)N. The first kappa shape index (κ1) is 16.5. The molecule has 0 saturated heterocycles. The smallest absolute Gasteiger partial charge is 0.222 e. The number of hydrogen-bond donors (Lipinski definition) is 2. The molecule has 0 bridgehead atoms. The fourth-order valence-electron chi connectivity index (χ4n) is 1.98. The third-order valence-electron chi connectivity index (χ3n) is 2.74. The highest BCUT2D eigenvalue weighted by molar-refractivity contribution is 5.77. The van der Waals surface area contributed by atoms with Crippen LogP contribution in [0.1, 0.15) is 52.6 Å². The van der Waals surface area contributed by atoms with E-state index >= 15 is 0 Å². The van der Waals surface area contributed by atoms with Crippen LogP contribution in [-0.4, -0.2) is 17.6 Å². The zero-order chi connectivity index (χ0) is 15.3. The van der Waals surface area contributed by atoms with Crippen LogP contribution in [0.4, 0.5) is 0 Å². The van der Waals surface area contributed by atoms with Crippen molar-refractivity contribution in [2.24, 2.45) is 5.73 Å². The highest BCUT2D eigenvalue weighted by atomic mass is 16.5. The minimum Gasteiger partial charge on any atom is -0.491 e. The maximum absolute atomic E-state index is 11.9. The van der Waals surface area contributed by atoms with E-state index in [9.17, 15) is 4.79 Å². The average molecular weight is 278 g/mol. The van der Waals surface area contributed by atoms with Crippen molar-refractivity contribution >= 4 is 5.91 Å². The summed E-state index contributed by atoms with van der Waals surface area (Å²) in [7, 11) is 0. The van der Waals surface area contributed by atoms with E-state index in [4.69, 9.17) is 10.5 Å². The van der Waals surface area contributed by atoms with Crippen LogP contribution >= 0.6 is 0 Å². The van der Waals surface area contributed by atoms with E-state index in [0.717, 1.165) is 11.3 Å². The van der Waals surface area contributed by atoms with Gasteiger partial charge >= 0.3 is 0 Å². The van der Waals surface area contributed by atoms with Gasteiger partial charge in [0.25, 0.3) is 0 Å². The Bertz CT molecular complexity index is 450. The minimum atomic E-state index is -0.502. The Morgan fingerprint density at radius 1 is 1.30 bits per heavy atom. The van der Waals surface area contributed by atoms with Gasteiger partial charge in [-0.15, -0.1) is 0 Å². The molecule has 4 heteroatoms. The number of amides is 1. The molecule has 1 unspecified atom stereocenters. The summed E-state index contributed by atoms with van der Waals surface area (Å²) in [5.41, 5.74) is 6.34. The van der Waals surface area contributed by atoms with Crippen LogP contribution in [0.25, 0.3) is 0 Å². The molecule has 0 aliphatic carbocycles. The Balaban J connectivity index is 2.77. The summed E-state index contributed by atoms with van der Waals surface area (Å²) in [5, 5.41) is 2.97. The Labute approximate surface area is 121 Å². The zero-order valence-electron chi connectivity index (χ0n) is 13.1. The maximum atomic E-state index is 11.9. The quantitative estimate of drug-likeness (QED) is 0.841. The first-order valence-electron chi connectivity index (χ1n) is 7.03. The molecule has 0 heterocycles. The molecule has 1 atom stereocenters. The molecule has 1 amide bonds. The largest absolute Gasteiger partial charge is 0.491 e. The van der Waals surface area contributed by atoms with Gasteiger partial charge in [0.15, 0.2) is 0 Å².